The molecule has 2 amide bonds. The Labute approximate surface area is 142 Å². The van der Waals surface area contributed by atoms with E-state index in [2.05, 4.69) is 26.1 Å². The van der Waals surface area contributed by atoms with Crippen LogP contribution in [0.15, 0.2) is 23.1 Å². The first kappa shape index (κ1) is 16.4. The van der Waals surface area contributed by atoms with Crippen molar-refractivity contribution in [3.05, 3.63) is 23.8 Å². The predicted molar refractivity (Wildman–Crippen MR) is 93.9 cm³/mol. The molecule has 124 valence electrons. The van der Waals surface area contributed by atoms with Gasteiger partial charge in [0, 0.05) is 34.7 Å². The number of benzene rings is 1. The van der Waals surface area contributed by atoms with E-state index in [-0.39, 0.29) is 17.9 Å². The minimum atomic E-state index is 0.0236. The number of rotatable bonds is 4. The highest BCUT2D eigenvalue weighted by molar-refractivity contribution is 7.99. The van der Waals surface area contributed by atoms with Crippen LogP contribution in [-0.2, 0) is 4.79 Å². The molecule has 0 aromatic heterocycles. The summed E-state index contributed by atoms with van der Waals surface area (Å²) in [5.74, 6) is 1.32. The molecular weight excluding hydrogens is 308 g/mol. The summed E-state index contributed by atoms with van der Waals surface area (Å²) >= 11 is 1.66. The second-order valence-electron chi connectivity index (χ2n) is 6.79. The van der Waals surface area contributed by atoms with Crippen LogP contribution in [0, 0.1) is 5.92 Å². The second-order valence-corrected chi connectivity index (χ2v) is 7.92. The van der Waals surface area contributed by atoms with Crippen LogP contribution in [0.2, 0.25) is 0 Å². The maximum absolute atomic E-state index is 13.0. The van der Waals surface area contributed by atoms with Gasteiger partial charge in [-0.3, -0.25) is 9.59 Å². The van der Waals surface area contributed by atoms with E-state index in [1.54, 1.807) is 11.8 Å². The summed E-state index contributed by atoms with van der Waals surface area (Å²) in [7, 11) is 0. The van der Waals surface area contributed by atoms with Gasteiger partial charge in [0.05, 0.1) is 5.69 Å². The molecule has 1 fully saturated rings. The molecule has 1 saturated carbocycles. The highest BCUT2D eigenvalue weighted by atomic mass is 32.2. The van der Waals surface area contributed by atoms with Gasteiger partial charge in [0.15, 0.2) is 0 Å². The van der Waals surface area contributed by atoms with E-state index in [1.165, 1.54) is 0 Å². The lowest BCUT2D eigenvalue weighted by Crippen LogP contribution is -2.43. The number of thioether (sulfide) groups is 1. The summed E-state index contributed by atoms with van der Waals surface area (Å²) in [4.78, 5) is 27.9. The Morgan fingerprint density at radius 2 is 2.04 bits per heavy atom. The summed E-state index contributed by atoms with van der Waals surface area (Å²) in [6.45, 7) is 6.43. The minimum absolute atomic E-state index is 0.0236. The van der Waals surface area contributed by atoms with Crippen LogP contribution in [0.5, 0.6) is 0 Å². The summed E-state index contributed by atoms with van der Waals surface area (Å²) in [6, 6.07) is 6.30. The maximum Gasteiger partial charge on any atom is 0.254 e. The van der Waals surface area contributed by atoms with Gasteiger partial charge >= 0.3 is 0 Å². The summed E-state index contributed by atoms with van der Waals surface area (Å²) in [5, 5.41) is 2.92. The number of nitrogens with zero attached hydrogens (tertiary/aromatic N) is 1. The zero-order chi connectivity index (χ0) is 16.6. The van der Waals surface area contributed by atoms with E-state index < -0.39 is 0 Å². The van der Waals surface area contributed by atoms with Crippen molar-refractivity contribution >= 4 is 29.3 Å². The van der Waals surface area contributed by atoms with E-state index in [4.69, 9.17) is 0 Å². The fourth-order valence-electron chi connectivity index (χ4n) is 2.86. The van der Waals surface area contributed by atoms with Crippen LogP contribution in [0.4, 0.5) is 5.69 Å². The van der Waals surface area contributed by atoms with E-state index in [0.29, 0.717) is 23.9 Å². The molecule has 0 radical (unpaired) electrons. The van der Waals surface area contributed by atoms with Gasteiger partial charge in [-0.15, -0.1) is 11.8 Å². The molecule has 0 unspecified atom stereocenters. The molecule has 5 heteroatoms. The molecule has 1 aliphatic heterocycles. The third kappa shape index (κ3) is 3.55. The monoisotopic (exact) mass is 332 g/mol. The van der Waals surface area contributed by atoms with Crippen LogP contribution < -0.4 is 5.32 Å². The number of amides is 2. The van der Waals surface area contributed by atoms with Gasteiger partial charge in [0.25, 0.3) is 5.91 Å². The number of nitrogens with one attached hydrogen (secondary N) is 1. The topological polar surface area (TPSA) is 49.4 Å². The molecule has 4 nitrogen and oxygen atoms in total. The predicted octanol–water partition coefficient (Wildman–Crippen LogP) is 3.77. The van der Waals surface area contributed by atoms with Crippen LogP contribution in [0.1, 0.15) is 50.4 Å². The molecule has 0 saturated heterocycles. The molecule has 1 N–H and O–H groups in total. The van der Waals surface area contributed by atoms with Crippen molar-refractivity contribution in [2.24, 2.45) is 5.92 Å². The molecule has 2 aliphatic rings. The van der Waals surface area contributed by atoms with E-state index in [0.717, 1.165) is 29.2 Å². The fraction of sp³-hybridized carbons (Fsp3) is 0.556. The van der Waals surface area contributed by atoms with Crippen molar-refractivity contribution < 1.29 is 9.59 Å². The molecular formula is C18H24N2O2S. The maximum atomic E-state index is 13.0. The Hall–Kier alpha value is -1.49. The van der Waals surface area contributed by atoms with E-state index in [9.17, 15) is 9.59 Å². The van der Waals surface area contributed by atoms with E-state index in [1.807, 2.05) is 23.1 Å². The van der Waals surface area contributed by atoms with Crippen LogP contribution in [-0.4, -0.2) is 34.6 Å². The van der Waals surface area contributed by atoms with Crippen molar-refractivity contribution in [1.82, 2.24) is 4.90 Å². The Morgan fingerprint density at radius 1 is 1.30 bits per heavy atom. The Balaban J connectivity index is 1.88. The lowest BCUT2D eigenvalue weighted by molar-refractivity contribution is -0.115. The zero-order valence-electron chi connectivity index (χ0n) is 14.0. The van der Waals surface area contributed by atoms with Gasteiger partial charge in [-0.1, -0.05) is 13.8 Å². The molecule has 1 atom stereocenters. The molecule has 1 aromatic carbocycles. The largest absolute Gasteiger partial charge is 0.333 e. The average Bonchev–Trinajstić information content (AvgIpc) is 3.33. The molecule has 1 heterocycles. The molecule has 1 aliphatic carbocycles. The van der Waals surface area contributed by atoms with Gasteiger partial charge in [-0.25, -0.2) is 0 Å². The zero-order valence-corrected chi connectivity index (χ0v) is 14.8. The first-order chi connectivity index (χ1) is 11.0. The van der Waals surface area contributed by atoms with Crippen molar-refractivity contribution in [3.8, 4) is 0 Å². The summed E-state index contributed by atoms with van der Waals surface area (Å²) < 4.78 is 0. The van der Waals surface area contributed by atoms with Crippen LogP contribution in [0.25, 0.3) is 0 Å². The van der Waals surface area contributed by atoms with Crippen molar-refractivity contribution in [3.63, 3.8) is 0 Å². The number of hydrogen-bond donors (Lipinski definition) is 1. The summed E-state index contributed by atoms with van der Waals surface area (Å²) in [5.41, 5.74) is 1.45. The van der Waals surface area contributed by atoms with Gasteiger partial charge in [0.2, 0.25) is 5.91 Å². The average molecular weight is 332 g/mol. The van der Waals surface area contributed by atoms with Gasteiger partial charge < -0.3 is 10.2 Å². The number of hydrogen-bond acceptors (Lipinski definition) is 3. The first-order valence-electron chi connectivity index (χ1n) is 8.36. The van der Waals surface area contributed by atoms with Gasteiger partial charge in [-0.2, -0.15) is 0 Å². The van der Waals surface area contributed by atoms with Crippen molar-refractivity contribution in [1.29, 1.82) is 0 Å². The van der Waals surface area contributed by atoms with Gasteiger partial charge in [0.1, 0.15) is 0 Å². The number of carbonyl (C=O) groups excluding carboxylic acids is 2. The minimum Gasteiger partial charge on any atom is -0.333 e. The molecule has 0 bridgehead atoms. The van der Waals surface area contributed by atoms with Crippen LogP contribution >= 0.6 is 11.8 Å². The standard InChI is InChI=1S/C18H24N2O2S/c1-11(2)12(3)20(14-5-6-14)18(22)13-4-7-16-15(10-13)19-17(21)8-9-23-16/h4,7,10-12,14H,5-6,8-9H2,1-3H3,(H,19,21)/t12-/m0/s1. The third-order valence-corrected chi connectivity index (χ3v) is 5.74. The highest BCUT2D eigenvalue weighted by Gasteiger charge is 2.37. The lowest BCUT2D eigenvalue weighted by atomic mass is 10.0. The summed E-state index contributed by atoms with van der Waals surface area (Å²) in [6.07, 6.45) is 2.71. The molecule has 1 aromatic rings. The Kier molecular flexibility index (Phi) is 4.67. The second kappa shape index (κ2) is 6.56. The normalized spacial score (nSPS) is 18.9. The number of carbonyl (C=O) groups is 2. The van der Waals surface area contributed by atoms with Crippen LogP contribution in [0.3, 0.4) is 0 Å². The first-order valence-corrected chi connectivity index (χ1v) is 9.35. The molecule has 23 heavy (non-hydrogen) atoms. The SMILES string of the molecule is CC(C)[C@H](C)N(C(=O)c1ccc2c(c1)NC(=O)CCS2)C1CC1. The molecule has 3 rings (SSSR count). The smallest absolute Gasteiger partial charge is 0.254 e. The van der Waals surface area contributed by atoms with Crippen molar-refractivity contribution in [2.75, 3.05) is 11.1 Å². The highest BCUT2D eigenvalue weighted by Crippen LogP contribution is 2.35. The van der Waals surface area contributed by atoms with Gasteiger partial charge in [-0.05, 0) is 43.9 Å². The van der Waals surface area contributed by atoms with E-state index >= 15 is 0 Å². The Morgan fingerprint density at radius 3 is 2.70 bits per heavy atom. The third-order valence-electron chi connectivity index (χ3n) is 4.67. The molecule has 0 spiro atoms. The lowest BCUT2D eigenvalue weighted by Gasteiger charge is -2.32. The number of anilines is 1. The quantitative estimate of drug-likeness (QED) is 0.913. The number of fused-ring (bicyclic) bond motifs is 1. The Bertz CT molecular complexity index is 625. The fourth-order valence-corrected chi connectivity index (χ4v) is 3.80. The van der Waals surface area contributed by atoms with Crippen molar-refractivity contribution in [2.45, 2.75) is 57.0 Å².